The maximum Gasteiger partial charge on any atom is 0.0868 e. The van der Waals surface area contributed by atoms with Crippen LogP contribution in [0, 0.1) is 29.1 Å². The van der Waals surface area contributed by atoms with Crippen molar-refractivity contribution in [3.05, 3.63) is 0 Å². The molecule has 0 amide bonds. The summed E-state index contributed by atoms with van der Waals surface area (Å²) in [6.07, 6.45) is 4.39. The smallest absolute Gasteiger partial charge is 0.0868 e. The molecule has 0 aromatic heterocycles. The number of fused-ring (bicyclic) bond motifs is 5. The number of nitriles is 1. The second-order valence-corrected chi connectivity index (χ2v) is 4.58. The fraction of sp³-hybridized carbons (Fsp3) is 0.900. The first kappa shape index (κ1) is 6.91. The van der Waals surface area contributed by atoms with Gasteiger partial charge in [0.25, 0.3) is 0 Å². The molecular formula is C10H14N2. The summed E-state index contributed by atoms with van der Waals surface area (Å²) in [7, 11) is 0. The first-order valence-electron chi connectivity index (χ1n) is 5.01. The van der Waals surface area contributed by atoms with E-state index < -0.39 is 0 Å². The maximum absolute atomic E-state index is 8.60. The fourth-order valence-electron chi connectivity index (χ4n) is 3.72. The summed E-state index contributed by atoms with van der Waals surface area (Å²) in [5.74, 6) is 2.98. The van der Waals surface area contributed by atoms with Crippen molar-refractivity contribution in [3.8, 4) is 6.07 Å². The molecule has 4 unspecified atom stereocenters. The van der Waals surface area contributed by atoms with Crippen molar-refractivity contribution in [2.45, 2.75) is 25.3 Å². The minimum absolute atomic E-state index is 0.671. The minimum Gasteiger partial charge on any atom is -0.287 e. The molecule has 1 aliphatic heterocycles. The summed E-state index contributed by atoms with van der Waals surface area (Å²) in [5.41, 5.74) is 0. The summed E-state index contributed by atoms with van der Waals surface area (Å²) in [6.45, 7) is 1.89. The SMILES string of the molecule is N#CCN1CC2C3CCC(C3)C21. The van der Waals surface area contributed by atoms with E-state index in [1.54, 1.807) is 0 Å². The lowest BCUT2D eigenvalue weighted by Gasteiger charge is -2.49. The van der Waals surface area contributed by atoms with Gasteiger partial charge in [0.2, 0.25) is 0 Å². The van der Waals surface area contributed by atoms with Crippen molar-refractivity contribution in [2.24, 2.45) is 17.8 Å². The first-order valence-corrected chi connectivity index (χ1v) is 5.01. The van der Waals surface area contributed by atoms with Crippen molar-refractivity contribution in [1.29, 1.82) is 5.26 Å². The minimum atomic E-state index is 0.671. The predicted octanol–water partition coefficient (Wildman–Crippen LogP) is 1.24. The van der Waals surface area contributed by atoms with Crippen LogP contribution in [0.5, 0.6) is 0 Å². The Morgan fingerprint density at radius 2 is 2.17 bits per heavy atom. The fourth-order valence-corrected chi connectivity index (χ4v) is 3.72. The number of hydrogen-bond donors (Lipinski definition) is 0. The molecule has 3 rings (SSSR count). The second-order valence-electron chi connectivity index (χ2n) is 4.58. The molecule has 1 heterocycles. The number of rotatable bonds is 1. The summed E-state index contributed by atoms with van der Waals surface area (Å²) < 4.78 is 0. The number of hydrogen-bond acceptors (Lipinski definition) is 2. The average Bonchev–Trinajstić information content (AvgIpc) is 2.54. The summed E-state index contributed by atoms with van der Waals surface area (Å²) in [5, 5.41) is 8.60. The van der Waals surface area contributed by atoms with E-state index in [1.165, 1.54) is 25.8 Å². The van der Waals surface area contributed by atoms with E-state index in [-0.39, 0.29) is 0 Å². The normalized spacial score (nSPS) is 49.9. The Morgan fingerprint density at radius 1 is 1.33 bits per heavy atom. The molecule has 1 saturated heterocycles. The maximum atomic E-state index is 8.60. The summed E-state index contributed by atoms with van der Waals surface area (Å²) in [4.78, 5) is 2.38. The molecule has 3 aliphatic rings. The molecule has 0 radical (unpaired) electrons. The highest BCUT2D eigenvalue weighted by atomic mass is 15.2. The number of likely N-dealkylation sites (tertiary alicyclic amines) is 1. The molecule has 2 bridgehead atoms. The monoisotopic (exact) mass is 162 g/mol. The van der Waals surface area contributed by atoms with E-state index in [0.29, 0.717) is 6.54 Å². The van der Waals surface area contributed by atoms with Gasteiger partial charge in [0, 0.05) is 12.6 Å². The van der Waals surface area contributed by atoms with Crippen LogP contribution in [0.4, 0.5) is 0 Å². The van der Waals surface area contributed by atoms with Crippen LogP contribution in [-0.4, -0.2) is 24.0 Å². The Labute approximate surface area is 73.2 Å². The molecule has 2 aliphatic carbocycles. The molecule has 4 atom stereocenters. The molecule has 3 fully saturated rings. The quantitative estimate of drug-likeness (QED) is 0.542. The van der Waals surface area contributed by atoms with Crippen molar-refractivity contribution in [1.82, 2.24) is 4.90 Å². The Hall–Kier alpha value is -0.550. The van der Waals surface area contributed by atoms with E-state index >= 15 is 0 Å². The third-order valence-corrected chi connectivity index (χ3v) is 4.18. The van der Waals surface area contributed by atoms with Gasteiger partial charge in [-0.25, -0.2) is 0 Å². The van der Waals surface area contributed by atoms with Crippen LogP contribution < -0.4 is 0 Å². The van der Waals surface area contributed by atoms with E-state index in [2.05, 4.69) is 11.0 Å². The van der Waals surface area contributed by atoms with E-state index in [0.717, 1.165) is 23.8 Å². The third kappa shape index (κ3) is 0.682. The molecule has 0 N–H and O–H groups in total. The van der Waals surface area contributed by atoms with Crippen LogP contribution in [0.15, 0.2) is 0 Å². The first-order chi connectivity index (χ1) is 5.90. The zero-order chi connectivity index (χ0) is 8.13. The predicted molar refractivity (Wildman–Crippen MR) is 45.3 cm³/mol. The van der Waals surface area contributed by atoms with Gasteiger partial charge in [-0.3, -0.25) is 4.90 Å². The molecule has 2 heteroatoms. The van der Waals surface area contributed by atoms with Crippen LogP contribution in [0.2, 0.25) is 0 Å². The van der Waals surface area contributed by atoms with Gasteiger partial charge in [-0.2, -0.15) is 5.26 Å². The highest BCUT2D eigenvalue weighted by Crippen LogP contribution is 2.55. The molecule has 0 aromatic carbocycles. The Bertz CT molecular complexity index is 241. The van der Waals surface area contributed by atoms with Gasteiger partial charge in [0.1, 0.15) is 0 Å². The van der Waals surface area contributed by atoms with Crippen LogP contribution >= 0.6 is 0 Å². The van der Waals surface area contributed by atoms with Crippen LogP contribution in [0.25, 0.3) is 0 Å². The van der Waals surface area contributed by atoms with Crippen molar-refractivity contribution >= 4 is 0 Å². The average molecular weight is 162 g/mol. The van der Waals surface area contributed by atoms with E-state index in [1.807, 2.05) is 0 Å². The van der Waals surface area contributed by atoms with E-state index in [9.17, 15) is 0 Å². The van der Waals surface area contributed by atoms with Crippen LogP contribution in [0.3, 0.4) is 0 Å². The molecule has 0 spiro atoms. The lowest BCUT2D eigenvalue weighted by molar-refractivity contribution is -0.0108. The summed E-state index contributed by atoms with van der Waals surface area (Å²) in [6, 6.07) is 3.09. The molecule has 64 valence electrons. The lowest BCUT2D eigenvalue weighted by Crippen LogP contribution is -2.58. The van der Waals surface area contributed by atoms with Gasteiger partial charge in [-0.15, -0.1) is 0 Å². The Kier molecular flexibility index (Phi) is 1.29. The molecule has 12 heavy (non-hydrogen) atoms. The van der Waals surface area contributed by atoms with Gasteiger partial charge >= 0.3 is 0 Å². The third-order valence-electron chi connectivity index (χ3n) is 4.18. The van der Waals surface area contributed by atoms with Crippen molar-refractivity contribution < 1.29 is 0 Å². The lowest BCUT2D eigenvalue weighted by atomic mass is 9.77. The Morgan fingerprint density at radius 3 is 2.92 bits per heavy atom. The summed E-state index contributed by atoms with van der Waals surface area (Å²) >= 11 is 0. The second kappa shape index (κ2) is 2.23. The molecule has 2 nitrogen and oxygen atoms in total. The van der Waals surface area contributed by atoms with Crippen molar-refractivity contribution in [2.75, 3.05) is 13.1 Å². The zero-order valence-corrected chi connectivity index (χ0v) is 7.24. The Balaban J connectivity index is 1.74. The largest absolute Gasteiger partial charge is 0.287 e. The van der Waals surface area contributed by atoms with Crippen LogP contribution in [0.1, 0.15) is 19.3 Å². The number of nitrogens with zero attached hydrogens (tertiary/aromatic N) is 2. The standard InChI is InChI=1S/C10H14N2/c11-3-4-12-6-9-7-1-2-8(5-7)10(9)12/h7-10H,1-2,4-6H2. The molecular weight excluding hydrogens is 148 g/mol. The zero-order valence-electron chi connectivity index (χ0n) is 7.24. The molecule has 0 aromatic rings. The van der Waals surface area contributed by atoms with Gasteiger partial charge in [0.05, 0.1) is 12.6 Å². The highest BCUT2D eigenvalue weighted by molar-refractivity contribution is 5.09. The van der Waals surface area contributed by atoms with Gasteiger partial charge in [-0.1, -0.05) is 0 Å². The van der Waals surface area contributed by atoms with Gasteiger partial charge in [0.15, 0.2) is 0 Å². The molecule has 2 saturated carbocycles. The van der Waals surface area contributed by atoms with Crippen LogP contribution in [-0.2, 0) is 0 Å². The highest BCUT2D eigenvalue weighted by Gasteiger charge is 2.55. The van der Waals surface area contributed by atoms with E-state index in [4.69, 9.17) is 5.26 Å². The van der Waals surface area contributed by atoms with Gasteiger partial charge in [-0.05, 0) is 37.0 Å². The van der Waals surface area contributed by atoms with Gasteiger partial charge < -0.3 is 0 Å². The van der Waals surface area contributed by atoms with Crippen molar-refractivity contribution in [3.63, 3.8) is 0 Å². The topological polar surface area (TPSA) is 27.0 Å².